The van der Waals surface area contributed by atoms with Gasteiger partial charge < -0.3 is 5.32 Å². The van der Waals surface area contributed by atoms with Crippen molar-refractivity contribution in [3.8, 4) is 11.4 Å². The molecule has 7 heteroatoms. The summed E-state index contributed by atoms with van der Waals surface area (Å²) >= 11 is 11.4. The molecule has 3 rings (SSSR count). The molecule has 0 bridgehead atoms. The second-order valence-corrected chi connectivity index (χ2v) is 7.75. The van der Waals surface area contributed by atoms with Crippen LogP contribution in [0.2, 0.25) is 5.02 Å². The Morgan fingerprint density at radius 1 is 1.29 bits per heavy atom. The molecule has 3 aromatic rings. The maximum Gasteiger partial charge on any atom is 0.222 e. The molecule has 0 fully saturated rings. The van der Waals surface area contributed by atoms with E-state index < -0.39 is 0 Å². The molecule has 1 heterocycles. The smallest absolute Gasteiger partial charge is 0.222 e. The Hall–Kier alpha value is -2.44. The lowest BCUT2D eigenvalue weighted by atomic mass is 10.1. The van der Waals surface area contributed by atoms with E-state index in [2.05, 4.69) is 21.6 Å². The van der Waals surface area contributed by atoms with Crippen molar-refractivity contribution < 1.29 is 4.79 Å². The van der Waals surface area contributed by atoms with Gasteiger partial charge in [-0.2, -0.15) is 5.10 Å². The molecule has 0 aliphatic rings. The fourth-order valence-electron chi connectivity index (χ4n) is 3.16. The Bertz CT molecular complexity index is 1030. The quantitative estimate of drug-likeness (QED) is 0.550. The van der Waals surface area contributed by atoms with Crippen LogP contribution in [0.15, 0.2) is 48.5 Å². The van der Waals surface area contributed by atoms with Crippen LogP contribution in [0.25, 0.3) is 11.4 Å². The second-order valence-electron chi connectivity index (χ2n) is 6.93. The maximum atomic E-state index is 12.4. The first-order chi connectivity index (χ1) is 13.4. The molecule has 5 nitrogen and oxygen atoms in total. The molecule has 0 saturated carbocycles. The first-order valence-corrected chi connectivity index (χ1v) is 9.97. The lowest BCUT2D eigenvalue weighted by Gasteiger charge is -2.15. The summed E-state index contributed by atoms with van der Waals surface area (Å²) in [7, 11) is 0. The number of aromatic amines is 1. The molecule has 28 heavy (non-hydrogen) atoms. The number of carbonyl (C=O) groups is 1. The average Bonchev–Trinajstić information content (AvgIpc) is 3.00. The van der Waals surface area contributed by atoms with Gasteiger partial charge in [0.15, 0.2) is 10.6 Å². The van der Waals surface area contributed by atoms with Gasteiger partial charge in [0.2, 0.25) is 5.91 Å². The number of nitrogens with zero attached hydrogens (tertiary/aromatic N) is 2. The summed E-state index contributed by atoms with van der Waals surface area (Å²) in [5, 5.41) is 10.9. The van der Waals surface area contributed by atoms with Crippen LogP contribution in [0.5, 0.6) is 0 Å². The van der Waals surface area contributed by atoms with Crippen LogP contribution in [-0.4, -0.2) is 26.7 Å². The molecule has 1 atom stereocenters. The summed E-state index contributed by atoms with van der Waals surface area (Å²) < 4.78 is 2.38. The maximum absolute atomic E-state index is 12.4. The van der Waals surface area contributed by atoms with Crippen LogP contribution >= 0.6 is 23.8 Å². The Morgan fingerprint density at radius 2 is 2.07 bits per heavy atom. The predicted octanol–water partition coefficient (Wildman–Crippen LogP) is 4.71. The number of benzene rings is 2. The predicted molar refractivity (Wildman–Crippen MR) is 115 cm³/mol. The van der Waals surface area contributed by atoms with Gasteiger partial charge in [-0.25, -0.2) is 0 Å². The number of rotatable bonds is 7. The monoisotopic (exact) mass is 414 g/mol. The van der Waals surface area contributed by atoms with Crippen LogP contribution in [0, 0.1) is 11.7 Å². The van der Waals surface area contributed by atoms with Gasteiger partial charge >= 0.3 is 0 Å². The van der Waals surface area contributed by atoms with Crippen LogP contribution in [0.1, 0.15) is 24.5 Å². The minimum Gasteiger partial charge on any atom is -0.353 e. The van der Waals surface area contributed by atoms with Gasteiger partial charge in [0.25, 0.3) is 0 Å². The van der Waals surface area contributed by atoms with Crippen molar-refractivity contribution in [2.45, 2.75) is 39.3 Å². The van der Waals surface area contributed by atoms with E-state index in [9.17, 15) is 4.79 Å². The molecule has 2 aromatic carbocycles. The van der Waals surface area contributed by atoms with Crippen molar-refractivity contribution in [1.29, 1.82) is 0 Å². The highest BCUT2D eigenvalue weighted by Crippen LogP contribution is 2.19. The molecule has 0 aliphatic heterocycles. The van der Waals surface area contributed by atoms with Crippen molar-refractivity contribution in [3.63, 3.8) is 0 Å². The third-order valence-corrected chi connectivity index (χ3v) is 4.98. The molecular formula is C21H23ClN4OS. The van der Waals surface area contributed by atoms with Crippen LogP contribution < -0.4 is 5.32 Å². The molecule has 1 unspecified atom stereocenters. The van der Waals surface area contributed by atoms with Gasteiger partial charge in [-0.1, -0.05) is 47.5 Å². The SMILES string of the molecule is Cc1cccc(-c2n[nH]c(=S)n2CCC(=O)NC(C)Cc2cccc(Cl)c2)c1. The average molecular weight is 415 g/mol. The molecule has 2 N–H and O–H groups in total. The largest absolute Gasteiger partial charge is 0.353 e. The fourth-order valence-corrected chi connectivity index (χ4v) is 3.59. The van der Waals surface area contributed by atoms with Crippen molar-refractivity contribution >= 4 is 29.7 Å². The van der Waals surface area contributed by atoms with Crippen LogP contribution in [0.3, 0.4) is 0 Å². The summed E-state index contributed by atoms with van der Waals surface area (Å²) in [5.41, 5.74) is 3.21. The minimum absolute atomic E-state index is 0.0135. The Labute approximate surface area is 174 Å². The van der Waals surface area contributed by atoms with E-state index >= 15 is 0 Å². The van der Waals surface area contributed by atoms with E-state index in [0.717, 1.165) is 28.9 Å². The second kappa shape index (κ2) is 9.17. The number of hydrogen-bond acceptors (Lipinski definition) is 3. The number of halogens is 1. The lowest BCUT2D eigenvalue weighted by Crippen LogP contribution is -2.34. The number of aromatic nitrogens is 3. The summed E-state index contributed by atoms with van der Waals surface area (Å²) in [4.78, 5) is 12.4. The summed E-state index contributed by atoms with van der Waals surface area (Å²) in [5.74, 6) is 0.723. The van der Waals surface area contributed by atoms with Crippen molar-refractivity contribution in [2.75, 3.05) is 0 Å². The van der Waals surface area contributed by atoms with Crippen LogP contribution in [0.4, 0.5) is 0 Å². The molecule has 0 spiro atoms. The molecule has 0 radical (unpaired) electrons. The van der Waals surface area contributed by atoms with Gasteiger partial charge in [0.1, 0.15) is 0 Å². The molecule has 1 amide bonds. The van der Waals surface area contributed by atoms with Gasteiger partial charge in [-0.05, 0) is 56.2 Å². The lowest BCUT2D eigenvalue weighted by molar-refractivity contribution is -0.121. The molecule has 0 saturated heterocycles. The third kappa shape index (κ3) is 5.30. The zero-order valence-electron chi connectivity index (χ0n) is 15.9. The van der Waals surface area contributed by atoms with Gasteiger partial charge in [-0.3, -0.25) is 14.5 Å². The summed E-state index contributed by atoms with van der Waals surface area (Å²) in [6, 6.07) is 15.8. The van der Waals surface area contributed by atoms with Gasteiger partial charge in [0, 0.05) is 29.6 Å². The Balaban J connectivity index is 1.60. The van der Waals surface area contributed by atoms with E-state index in [1.165, 1.54) is 0 Å². The Morgan fingerprint density at radius 3 is 2.82 bits per heavy atom. The standard InChI is InChI=1S/C21H23ClN4OS/c1-14-5-3-7-17(11-14)20-24-25-21(28)26(20)10-9-19(27)23-15(2)12-16-6-4-8-18(22)13-16/h3-8,11,13,15H,9-10,12H2,1-2H3,(H,23,27)(H,25,28). The number of aryl methyl sites for hydroxylation is 1. The molecular weight excluding hydrogens is 392 g/mol. The highest BCUT2D eigenvalue weighted by molar-refractivity contribution is 7.71. The topological polar surface area (TPSA) is 62.7 Å². The number of H-pyrrole nitrogens is 1. The van der Waals surface area contributed by atoms with E-state index in [-0.39, 0.29) is 11.9 Å². The number of carbonyl (C=O) groups excluding carboxylic acids is 1. The normalized spacial score (nSPS) is 12.0. The zero-order valence-corrected chi connectivity index (χ0v) is 17.5. The van der Waals surface area contributed by atoms with E-state index in [1.54, 1.807) is 0 Å². The number of hydrogen-bond donors (Lipinski definition) is 2. The first-order valence-electron chi connectivity index (χ1n) is 9.18. The van der Waals surface area contributed by atoms with Gasteiger partial charge in [0.05, 0.1) is 0 Å². The number of amides is 1. The summed E-state index contributed by atoms with van der Waals surface area (Å²) in [6.45, 7) is 4.48. The van der Waals surface area contributed by atoms with E-state index in [4.69, 9.17) is 23.8 Å². The summed E-state index contributed by atoms with van der Waals surface area (Å²) in [6.07, 6.45) is 1.05. The van der Waals surface area contributed by atoms with Crippen molar-refractivity contribution in [3.05, 3.63) is 69.5 Å². The minimum atomic E-state index is -0.0205. The first kappa shape index (κ1) is 20.3. The molecule has 1 aromatic heterocycles. The highest BCUT2D eigenvalue weighted by Gasteiger charge is 2.13. The van der Waals surface area contributed by atoms with Gasteiger partial charge in [-0.15, -0.1) is 0 Å². The molecule has 0 aliphatic carbocycles. The highest BCUT2D eigenvalue weighted by atomic mass is 35.5. The van der Waals surface area contributed by atoms with Crippen molar-refractivity contribution in [2.24, 2.45) is 0 Å². The Kier molecular flexibility index (Phi) is 6.65. The van der Waals surface area contributed by atoms with Crippen LogP contribution in [-0.2, 0) is 17.8 Å². The third-order valence-electron chi connectivity index (χ3n) is 4.44. The number of nitrogens with one attached hydrogen (secondary N) is 2. The van der Waals surface area contributed by atoms with Crippen molar-refractivity contribution in [1.82, 2.24) is 20.1 Å². The van der Waals surface area contributed by atoms with E-state index in [1.807, 2.05) is 60.9 Å². The molecule has 146 valence electrons. The zero-order chi connectivity index (χ0) is 20.1. The van der Waals surface area contributed by atoms with E-state index in [0.29, 0.717) is 22.8 Å². The fraction of sp³-hybridized carbons (Fsp3) is 0.286.